The van der Waals surface area contributed by atoms with Crippen LogP contribution in [0.2, 0.25) is 0 Å². The van der Waals surface area contributed by atoms with Crippen molar-refractivity contribution in [1.29, 1.82) is 0 Å². The van der Waals surface area contributed by atoms with E-state index in [-0.39, 0.29) is 4.90 Å². The minimum atomic E-state index is -3.76. The van der Waals surface area contributed by atoms with E-state index in [9.17, 15) is 8.42 Å². The molecule has 31 heavy (non-hydrogen) atoms. The lowest BCUT2D eigenvalue weighted by Crippen LogP contribution is -2.13. The standard InChI is InChI=1S/C23H24N2O5S/c1-28-21-14-16(15-22(29-2)23(21)30-3)8-9-17-6-4-5-7-20(17)25-31(26,27)19-12-10-18(24)11-13-19/h4-15,25H,24H2,1-3H3. The average molecular weight is 441 g/mol. The first-order valence-corrected chi connectivity index (χ1v) is 10.8. The van der Waals surface area contributed by atoms with Crippen LogP contribution in [0.15, 0.2) is 65.6 Å². The largest absolute Gasteiger partial charge is 0.493 e. The molecule has 0 saturated carbocycles. The summed E-state index contributed by atoms with van der Waals surface area (Å²) in [6.07, 6.45) is 3.64. The maximum atomic E-state index is 12.8. The van der Waals surface area contributed by atoms with Gasteiger partial charge in [-0.2, -0.15) is 0 Å². The predicted octanol–water partition coefficient (Wildman–Crippen LogP) is 4.27. The molecule has 3 aromatic rings. The summed E-state index contributed by atoms with van der Waals surface area (Å²) < 4.78 is 44.2. The average Bonchev–Trinajstić information content (AvgIpc) is 2.77. The summed E-state index contributed by atoms with van der Waals surface area (Å²) in [5.74, 6) is 1.55. The molecule has 3 rings (SSSR count). The number of para-hydroxylation sites is 1. The number of nitrogens with two attached hydrogens (primary N) is 1. The third-order valence-corrected chi connectivity index (χ3v) is 5.92. The fraction of sp³-hybridized carbons (Fsp3) is 0.130. The summed E-state index contributed by atoms with van der Waals surface area (Å²) in [6, 6.07) is 16.7. The normalized spacial score (nSPS) is 11.3. The zero-order valence-electron chi connectivity index (χ0n) is 17.5. The number of hydrogen-bond acceptors (Lipinski definition) is 6. The highest BCUT2D eigenvalue weighted by atomic mass is 32.2. The molecule has 0 heterocycles. The number of sulfonamides is 1. The van der Waals surface area contributed by atoms with E-state index >= 15 is 0 Å². The van der Waals surface area contributed by atoms with Gasteiger partial charge < -0.3 is 19.9 Å². The van der Waals surface area contributed by atoms with Crippen molar-refractivity contribution in [3.63, 3.8) is 0 Å². The minimum Gasteiger partial charge on any atom is -0.493 e. The molecule has 0 aliphatic heterocycles. The van der Waals surface area contributed by atoms with E-state index < -0.39 is 10.0 Å². The molecule has 0 unspecified atom stereocenters. The van der Waals surface area contributed by atoms with Crippen molar-refractivity contribution in [3.05, 3.63) is 71.8 Å². The summed E-state index contributed by atoms with van der Waals surface area (Å²) in [7, 11) is 0.874. The van der Waals surface area contributed by atoms with Gasteiger partial charge in [-0.1, -0.05) is 30.4 Å². The first-order chi connectivity index (χ1) is 14.9. The maximum Gasteiger partial charge on any atom is 0.261 e. The molecule has 7 nitrogen and oxygen atoms in total. The third-order valence-electron chi connectivity index (χ3n) is 4.54. The second-order valence-corrected chi connectivity index (χ2v) is 8.24. The number of benzene rings is 3. The van der Waals surface area contributed by atoms with Gasteiger partial charge in [0.15, 0.2) is 11.5 Å². The van der Waals surface area contributed by atoms with Gasteiger partial charge in [-0.15, -0.1) is 0 Å². The Kier molecular flexibility index (Phi) is 6.71. The number of rotatable bonds is 8. The van der Waals surface area contributed by atoms with Crippen molar-refractivity contribution >= 4 is 33.6 Å². The molecule has 0 atom stereocenters. The van der Waals surface area contributed by atoms with Crippen molar-refractivity contribution in [2.75, 3.05) is 31.8 Å². The van der Waals surface area contributed by atoms with E-state index in [0.717, 1.165) is 5.56 Å². The highest BCUT2D eigenvalue weighted by Crippen LogP contribution is 2.38. The third kappa shape index (κ3) is 5.10. The molecule has 0 aliphatic carbocycles. The number of methoxy groups -OCH3 is 3. The Hall–Kier alpha value is -3.65. The van der Waals surface area contributed by atoms with E-state index in [1.807, 2.05) is 24.3 Å². The summed E-state index contributed by atoms with van der Waals surface area (Å²) in [6.45, 7) is 0. The molecule has 162 valence electrons. The van der Waals surface area contributed by atoms with E-state index in [0.29, 0.717) is 34.2 Å². The number of nitrogen functional groups attached to an aromatic ring is 1. The van der Waals surface area contributed by atoms with E-state index in [1.165, 1.54) is 12.1 Å². The van der Waals surface area contributed by atoms with Crippen LogP contribution >= 0.6 is 0 Å². The van der Waals surface area contributed by atoms with Crippen molar-refractivity contribution in [1.82, 2.24) is 0 Å². The molecule has 3 N–H and O–H groups in total. The zero-order chi connectivity index (χ0) is 22.4. The van der Waals surface area contributed by atoms with Crippen molar-refractivity contribution in [3.8, 4) is 17.2 Å². The van der Waals surface area contributed by atoms with Crippen LogP contribution in [0.25, 0.3) is 12.2 Å². The van der Waals surface area contributed by atoms with Crippen LogP contribution in [0.4, 0.5) is 11.4 Å². The van der Waals surface area contributed by atoms with E-state index in [1.54, 1.807) is 57.7 Å². The van der Waals surface area contributed by atoms with Crippen LogP contribution in [0, 0.1) is 0 Å². The Morgan fingerprint density at radius 1 is 0.839 bits per heavy atom. The highest BCUT2D eigenvalue weighted by molar-refractivity contribution is 7.92. The molecule has 8 heteroatoms. The van der Waals surface area contributed by atoms with Gasteiger partial charge in [-0.3, -0.25) is 4.72 Å². The molecule has 0 amide bonds. The maximum absolute atomic E-state index is 12.8. The number of hydrogen-bond donors (Lipinski definition) is 2. The first kappa shape index (κ1) is 22.0. The molecule has 0 saturated heterocycles. The van der Waals surface area contributed by atoms with Gasteiger partial charge in [-0.25, -0.2) is 8.42 Å². The SMILES string of the molecule is COc1cc(C=Cc2ccccc2NS(=O)(=O)c2ccc(N)cc2)cc(OC)c1OC. The molecular formula is C23H24N2O5S. The lowest BCUT2D eigenvalue weighted by Gasteiger charge is -2.13. The second-order valence-electron chi connectivity index (χ2n) is 6.55. The molecule has 0 aliphatic rings. The first-order valence-electron chi connectivity index (χ1n) is 9.33. The number of nitrogens with one attached hydrogen (secondary N) is 1. The smallest absolute Gasteiger partial charge is 0.261 e. The van der Waals surface area contributed by atoms with Crippen molar-refractivity contribution in [2.45, 2.75) is 4.90 Å². The highest BCUT2D eigenvalue weighted by Gasteiger charge is 2.15. The fourth-order valence-electron chi connectivity index (χ4n) is 2.97. The van der Waals surface area contributed by atoms with Crippen LogP contribution in [-0.4, -0.2) is 29.7 Å². The van der Waals surface area contributed by atoms with Crippen molar-refractivity contribution in [2.24, 2.45) is 0 Å². The van der Waals surface area contributed by atoms with E-state index in [2.05, 4.69) is 4.72 Å². The monoisotopic (exact) mass is 440 g/mol. The topological polar surface area (TPSA) is 99.9 Å². The predicted molar refractivity (Wildman–Crippen MR) is 123 cm³/mol. The van der Waals surface area contributed by atoms with Crippen LogP contribution in [0.1, 0.15) is 11.1 Å². The van der Waals surface area contributed by atoms with E-state index in [4.69, 9.17) is 19.9 Å². The van der Waals surface area contributed by atoms with Gasteiger partial charge in [0.2, 0.25) is 5.75 Å². The van der Waals surface area contributed by atoms with Crippen LogP contribution in [0.5, 0.6) is 17.2 Å². The lowest BCUT2D eigenvalue weighted by molar-refractivity contribution is 0.324. The minimum absolute atomic E-state index is 0.130. The lowest BCUT2D eigenvalue weighted by atomic mass is 10.1. The Bertz CT molecular complexity index is 1160. The van der Waals surface area contributed by atoms with Gasteiger partial charge >= 0.3 is 0 Å². The fourth-order valence-corrected chi connectivity index (χ4v) is 4.06. The molecule has 0 fully saturated rings. The summed E-state index contributed by atoms with van der Waals surface area (Å²) in [5, 5.41) is 0. The van der Waals surface area contributed by atoms with Crippen LogP contribution in [-0.2, 0) is 10.0 Å². The number of ether oxygens (including phenoxy) is 3. The van der Waals surface area contributed by atoms with Gasteiger partial charge in [0.05, 0.1) is 31.9 Å². The quantitative estimate of drug-likeness (QED) is 0.401. The van der Waals surface area contributed by atoms with Gasteiger partial charge in [0, 0.05) is 5.69 Å². The molecule has 0 bridgehead atoms. The van der Waals surface area contributed by atoms with Gasteiger partial charge in [0.25, 0.3) is 10.0 Å². The molecule has 0 spiro atoms. The Labute approximate surface area is 182 Å². The number of anilines is 2. The van der Waals surface area contributed by atoms with Crippen LogP contribution < -0.4 is 24.7 Å². The van der Waals surface area contributed by atoms with Gasteiger partial charge in [0.1, 0.15) is 0 Å². The molecular weight excluding hydrogens is 416 g/mol. The van der Waals surface area contributed by atoms with Crippen LogP contribution in [0.3, 0.4) is 0 Å². The second kappa shape index (κ2) is 9.44. The molecule has 0 radical (unpaired) electrons. The zero-order valence-corrected chi connectivity index (χ0v) is 18.3. The molecule has 0 aromatic heterocycles. The van der Waals surface area contributed by atoms with Gasteiger partial charge in [-0.05, 0) is 53.6 Å². The Balaban J connectivity index is 1.92. The summed E-state index contributed by atoms with van der Waals surface area (Å²) >= 11 is 0. The Morgan fingerprint density at radius 2 is 1.45 bits per heavy atom. The Morgan fingerprint density at radius 3 is 2.03 bits per heavy atom. The summed E-state index contributed by atoms with van der Waals surface area (Å²) in [4.78, 5) is 0.130. The molecule has 3 aromatic carbocycles. The summed E-state index contributed by atoms with van der Waals surface area (Å²) in [5.41, 5.74) is 8.08. The van der Waals surface area contributed by atoms with Crippen molar-refractivity contribution < 1.29 is 22.6 Å².